The summed E-state index contributed by atoms with van der Waals surface area (Å²) in [6.45, 7) is 0. The average molecular weight is 738 g/mol. The van der Waals surface area contributed by atoms with E-state index >= 15 is 0 Å². The molecule has 11 rings (SSSR count). The quantitative estimate of drug-likeness (QED) is 0.147. The Morgan fingerprint density at radius 3 is 1.57 bits per heavy atom. The molecule has 272 valence electrons. The molecule has 1 heteroatoms. The van der Waals surface area contributed by atoms with Crippen LogP contribution in [-0.2, 0) is 5.41 Å². The second-order valence-electron chi connectivity index (χ2n) is 15.2. The van der Waals surface area contributed by atoms with Crippen LogP contribution in [0.5, 0.6) is 0 Å². The molecular weight excluding hydrogens is 699 g/mol. The summed E-state index contributed by atoms with van der Waals surface area (Å²) in [5.41, 5.74) is 15.5. The minimum atomic E-state index is -0.435. The third-order valence-electron chi connectivity index (χ3n) is 12.1. The van der Waals surface area contributed by atoms with E-state index in [1.54, 1.807) is 0 Å². The second-order valence-corrected chi connectivity index (χ2v) is 15.2. The highest BCUT2D eigenvalue weighted by Gasteiger charge is 2.46. The third kappa shape index (κ3) is 5.32. The van der Waals surface area contributed by atoms with Gasteiger partial charge >= 0.3 is 0 Å². The lowest BCUT2D eigenvalue weighted by Gasteiger charge is -2.34. The van der Waals surface area contributed by atoms with Crippen LogP contribution in [0.1, 0.15) is 22.3 Å². The van der Waals surface area contributed by atoms with Crippen LogP contribution < -0.4 is 4.90 Å². The molecule has 0 spiro atoms. The van der Waals surface area contributed by atoms with E-state index in [9.17, 15) is 0 Å². The number of hydrogen-bond acceptors (Lipinski definition) is 1. The van der Waals surface area contributed by atoms with Crippen molar-refractivity contribution in [2.75, 3.05) is 4.90 Å². The highest BCUT2D eigenvalue weighted by atomic mass is 15.1. The summed E-state index contributed by atoms with van der Waals surface area (Å²) in [5.74, 6) is 0. The van der Waals surface area contributed by atoms with Gasteiger partial charge < -0.3 is 4.90 Å². The van der Waals surface area contributed by atoms with Gasteiger partial charge in [0.15, 0.2) is 0 Å². The summed E-state index contributed by atoms with van der Waals surface area (Å²) >= 11 is 0. The van der Waals surface area contributed by atoms with Crippen LogP contribution in [0.2, 0.25) is 0 Å². The van der Waals surface area contributed by atoms with E-state index in [0.29, 0.717) is 0 Å². The Balaban J connectivity index is 1.05. The lowest BCUT2D eigenvalue weighted by Crippen LogP contribution is -2.28. The van der Waals surface area contributed by atoms with Crippen LogP contribution in [-0.4, -0.2) is 0 Å². The number of rotatable bonds is 7. The maximum atomic E-state index is 2.37. The number of nitrogens with zero attached hydrogens (tertiary/aromatic N) is 1. The minimum absolute atomic E-state index is 0.435. The van der Waals surface area contributed by atoms with Crippen molar-refractivity contribution in [3.8, 4) is 33.4 Å². The van der Waals surface area contributed by atoms with Crippen LogP contribution in [0.4, 0.5) is 17.1 Å². The molecule has 0 atom stereocenters. The number of benzene rings is 10. The van der Waals surface area contributed by atoms with E-state index in [4.69, 9.17) is 0 Å². The van der Waals surface area contributed by atoms with E-state index in [0.717, 1.165) is 17.1 Å². The predicted octanol–water partition coefficient (Wildman–Crippen LogP) is 15.2. The fourth-order valence-electron chi connectivity index (χ4n) is 9.65. The highest BCUT2D eigenvalue weighted by molar-refractivity contribution is 6.14. The largest absolute Gasteiger partial charge is 0.310 e. The molecular formula is C57H39N. The summed E-state index contributed by atoms with van der Waals surface area (Å²) in [7, 11) is 0. The smallest absolute Gasteiger partial charge is 0.0713 e. The Hall–Kier alpha value is -7.48. The van der Waals surface area contributed by atoms with Crippen LogP contribution >= 0.6 is 0 Å². The van der Waals surface area contributed by atoms with Gasteiger partial charge in [-0.1, -0.05) is 194 Å². The lowest BCUT2D eigenvalue weighted by atomic mass is 9.67. The SMILES string of the molecule is c1ccc(N(c2ccc(-c3cccc4c3-c3ccccc3C4(c3ccccc3)c3ccccc3)cc2)c2cccc(-c3cc4ccccc4c4ccccc34)c2)cc1. The van der Waals surface area contributed by atoms with Crippen LogP contribution in [0.15, 0.2) is 237 Å². The molecule has 10 aromatic rings. The van der Waals surface area contributed by atoms with E-state index < -0.39 is 5.41 Å². The highest BCUT2D eigenvalue weighted by Crippen LogP contribution is 2.58. The van der Waals surface area contributed by atoms with Gasteiger partial charge in [0.05, 0.1) is 5.41 Å². The van der Waals surface area contributed by atoms with Gasteiger partial charge in [-0.15, -0.1) is 0 Å². The summed E-state index contributed by atoms with van der Waals surface area (Å²) in [6.07, 6.45) is 0. The molecule has 1 nitrogen and oxygen atoms in total. The minimum Gasteiger partial charge on any atom is -0.310 e. The predicted molar refractivity (Wildman–Crippen MR) is 244 cm³/mol. The standard InChI is InChI=1S/C57H39N/c1-4-20-43(21-5-1)57(44-22-6-2-7-23-44)54-32-15-14-30-52(54)56-49(31-17-33-55(56)57)40-34-36-46(37-35-40)58(45-24-8-3-9-25-45)47-26-16-19-41(38-47)53-39-42-18-10-11-27-48(42)50-28-12-13-29-51(50)53/h1-39H. The van der Waals surface area contributed by atoms with Crippen molar-refractivity contribution in [3.63, 3.8) is 0 Å². The fraction of sp³-hybridized carbons (Fsp3) is 0.0175. The van der Waals surface area contributed by atoms with Crippen LogP contribution in [0.3, 0.4) is 0 Å². The van der Waals surface area contributed by atoms with Crippen molar-refractivity contribution in [1.29, 1.82) is 0 Å². The molecule has 0 aromatic heterocycles. The van der Waals surface area contributed by atoms with Gasteiger partial charge in [-0.25, -0.2) is 0 Å². The molecule has 0 fully saturated rings. The van der Waals surface area contributed by atoms with Crippen molar-refractivity contribution in [2.24, 2.45) is 0 Å². The van der Waals surface area contributed by atoms with Gasteiger partial charge in [-0.2, -0.15) is 0 Å². The number of anilines is 3. The molecule has 0 saturated carbocycles. The van der Waals surface area contributed by atoms with Crippen LogP contribution in [0.25, 0.3) is 54.9 Å². The maximum Gasteiger partial charge on any atom is 0.0713 e. The van der Waals surface area contributed by atoms with Gasteiger partial charge in [0.1, 0.15) is 0 Å². The van der Waals surface area contributed by atoms with Gasteiger partial charge in [0.25, 0.3) is 0 Å². The van der Waals surface area contributed by atoms with E-state index in [2.05, 4.69) is 241 Å². The first kappa shape index (κ1) is 33.8. The van der Waals surface area contributed by atoms with E-state index in [1.165, 1.54) is 77.2 Å². The van der Waals surface area contributed by atoms with Gasteiger partial charge in [0.2, 0.25) is 0 Å². The molecule has 0 N–H and O–H groups in total. The van der Waals surface area contributed by atoms with Gasteiger partial charge in [-0.05, 0) is 120 Å². The Morgan fingerprint density at radius 1 is 0.293 bits per heavy atom. The summed E-state index contributed by atoms with van der Waals surface area (Å²) in [6, 6.07) is 86.6. The zero-order chi connectivity index (χ0) is 38.5. The van der Waals surface area contributed by atoms with Crippen molar-refractivity contribution >= 4 is 38.6 Å². The summed E-state index contributed by atoms with van der Waals surface area (Å²) < 4.78 is 0. The molecule has 1 aliphatic carbocycles. The van der Waals surface area contributed by atoms with E-state index in [-0.39, 0.29) is 0 Å². The molecule has 0 saturated heterocycles. The Labute approximate surface area is 339 Å². The average Bonchev–Trinajstić information content (AvgIpc) is 3.61. The number of para-hydroxylation sites is 1. The summed E-state index contributed by atoms with van der Waals surface area (Å²) in [5, 5.41) is 5.06. The van der Waals surface area contributed by atoms with Crippen LogP contribution in [0, 0.1) is 0 Å². The van der Waals surface area contributed by atoms with Crippen molar-refractivity contribution in [3.05, 3.63) is 259 Å². The maximum absolute atomic E-state index is 2.37. The van der Waals surface area contributed by atoms with Gasteiger partial charge in [-0.3, -0.25) is 0 Å². The zero-order valence-electron chi connectivity index (χ0n) is 32.0. The van der Waals surface area contributed by atoms with Crippen molar-refractivity contribution < 1.29 is 0 Å². The first-order valence-electron chi connectivity index (χ1n) is 20.1. The fourth-order valence-corrected chi connectivity index (χ4v) is 9.65. The molecule has 0 heterocycles. The first-order valence-corrected chi connectivity index (χ1v) is 20.1. The molecule has 0 bridgehead atoms. The molecule has 0 amide bonds. The normalized spacial score (nSPS) is 12.6. The summed E-state index contributed by atoms with van der Waals surface area (Å²) in [4.78, 5) is 2.37. The molecule has 0 radical (unpaired) electrons. The number of hydrogen-bond donors (Lipinski definition) is 0. The molecule has 10 aromatic carbocycles. The number of fused-ring (bicyclic) bond motifs is 6. The Bertz CT molecular complexity index is 3050. The van der Waals surface area contributed by atoms with Crippen molar-refractivity contribution in [1.82, 2.24) is 0 Å². The molecule has 1 aliphatic rings. The zero-order valence-corrected chi connectivity index (χ0v) is 32.0. The topological polar surface area (TPSA) is 3.24 Å². The first-order chi connectivity index (χ1) is 28.8. The van der Waals surface area contributed by atoms with Crippen molar-refractivity contribution in [2.45, 2.75) is 5.41 Å². The Morgan fingerprint density at radius 2 is 0.828 bits per heavy atom. The molecule has 58 heavy (non-hydrogen) atoms. The van der Waals surface area contributed by atoms with E-state index in [1.807, 2.05) is 0 Å². The Kier molecular flexibility index (Phi) is 8.12. The van der Waals surface area contributed by atoms with Gasteiger partial charge in [0, 0.05) is 17.1 Å². The lowest BCUT2D eigenvalue weighted by molar-refractivity contribution is 0.768. The molecule has 0 unspecified atom stereocenters. The monoisotopic (exact) mass is 737 g/mol. The third-order valence-corrected chi connectivity index (χ3v) is 12.1. The second kappa shape index (κ2) is 13.9. The molecule has 0 aliphatic heterocycles.